The summed E-state index contributed by atoms with van der Waals surface area (Å²) in [6, 6.07) is 23.9. The molecule has 43 heavy (non-hydrogen) atoms. The van der Waals surface area contributed by atoms with E-state index >= 15 is 0 Å². The summed E-state index contributed by atoms with van der Waals surface area (Å²) in [6.45, 7) is 2.63. The van der Waals surface area contributed by atoms with Crippen LogP contribution in [0.3, 0.4) is 0 Å². The number of pyridine rings is 1. The number of fused-ring (bicyclic) bond motifs is 1. The van der Waals surface area contributed by atoms with Crippen molar-refractivity contribution < 1.29 is 19.4 Å². The number of carbonyl (C=O) groups excluding carboxylic acids is 2. The van der Waals surface area contributed by atoms with Gasteiger partial charge in [-0.15, -0.1) is 10.2 Å². The van der Waals surface area contributed by atoms with E-state index in [1.807, 2.05) is 36.4 Å². The molecule has 0 spiro atoms. The smallest absolute Gasteiger partial charge is 0.301 e. The van der Waals surface area contributed by atoms with Crippen molar-refractivity contribution in [3.8, 4) is 5.75 Å². The van der Waals surface area contributed by atoms with E-state index in [1.54, 1.807) is 18.2 Å². The van der Waals surface area contributed by atoms with E-state index in [2.05, 4.69) is 46.4 Å². The Morgan fingerprint density at radius 2 is 1.79 bits per heavy atom. The highest BCUT2D eigenvalue weighted by molar-refractivity contribution is 8.00. The van der Waals surface area contributed by atoms with Crippen molar-refractivity contribution in [1.82, 2.24) is 15.2 Å². The SMILES string of the molecule is CCCCOc1cccc(C2/C(=C(\O)c3ccncc3)C(=O)C(=O)N2c2nnc(SCc3cccc4ccccc34)s2)c1. The third-order valence-electron chi connectivity index (χ3n) is 7.17. The first-order chi connectivity index (χ1) is 21.0. The second-order valence-electron chi connectivity index (χ2n) is 9.96. The zero-order valence-corrected chi connectivity index (χ0v) is 25.0. The number of benzene rings is 3. The molecule has 0 saturated carbocycles. The number of aromatic nitrogens is 3. The van der Waals surface area contributed by atoms with Crippen LogP contribution in [0.4, 0.5) is 5.13 Å². The molecular weight excluding hydrogens is 581 g/mol. The second kappa shape index (κ2) is 12.8. The molecule has 0 aliphatic carbocycles. The molecule has 8 nitrogen and oxygen atoms in total. The molecule has 1 amide bonds. The molecule has 1 unspecified atom stereocenters. The van der Waals surface area contributed by atoms with E-state index in [4.69, 9.17) is 4.74 Å². The average Bonchev–Trinajstić information content (AvgIpc) is 3.62. The summed E-state index contributed by atoms with van der Waals surface area (Å²) in [7, 11) is 0. The van der Waals surface area contributed by atoms with Crippen LogP contribution in [0.2, 0.25) is 0 Å². The number of ketones is 1. The molecule has 2 aromatic heterocycles. The van der Waals surface area contributed by atoms with Crippen LogP contribution in [-0.4, -0.2) is 38.6 Å². The number of hydrogen-bond acceptors (Lipinski definition) is 9. The van der Waals surface area contributed by atoms with Gasteiger partial charge in [0.05, 0.1) is 18.2 Å². The van der Waals surface area contributed by atoms with Crippen LogP contribution in [0, 0.1) is 0 Å². The molecule has 3 aromatic carbocycles. The summed E-state index contributed by atoms with van der Waals surface area (Å²) in [5.74, 6) is -0.571. The Labute approximate surface area is 257 Å². The lowest BCUT2D eigenvalue weighted by molar-refractivity contribution is -0.132. The Hall–Kier alpha value is -4.54. The number of rotatable bonds is 10. The number of aliphatic hydroxyl groups is 1. The van der Waals surface area contributed by atoms with Crippen LogP contribution in [0.1, 0.15) is 42.5 Å². The summed E-state index contributed by atoms with van der Waals surface area (Å²) < 4.78 is 6.59. The Morgan fingerprint density at radius 1 is 1.00 bits per heavy atom. The predicted octanol–water partition coefficient (Wildman–Crippen LogP) is 7.18. The quantitative estimate of drug-likeness (QED) is 0.0444. The number of ether oxygens (including phenoxy) is 1. The minimum atomic E-state index is -0.924. The number of hydrogen-bond donors (Lipinski definition) is 1. The van der Waals surface area contributed by atoms with Gasteiger partial charge in [0.1, 0.15) is 11.5 Å². The third-order valence-corrected chi connectivity index (χ3v) is 9.28. The highest BCUT2D eigenvalue weighted by atomic mass is 32.2. The van der Waals surface area contributed by atoms with Crippen molar-refractivity contribution in [2.45, 2.75) is 35.9 Å². The molecule has 1 aliphatic heterocycles. The van der Waals surface area contributed by atoms with E-state index in [0.717, 1.165) is 23.8 Å². The lowest BCUT2D eigenvalue weighted by atomic mass is 9.95. The molecule has 1 saturated heterocycles. The van der Waals surface area contributed by atoms with Gasteiger partial charge in [-0.25, -0.2) is 0 Å². The van der Waals surface area contributed by atoms with Crippen LogP contribution in [0.15, 0.2) is 101 Å². The number of thioether (sulfide) groups is 1. The minimum Gasteiger partial charge on any atom is -0.507 e. The lowest BCUT2D eigenvalue weighted by Crippen LogP contribution is -2.29. The Bertz CT molecular complexity index is 1820. The Kier molecular flexibility index (Phi) is 8.48. The standard InChI is InChI=1S/C33H28N4O4S2/c1-2-3-18-41-25-12-7-10-23(19-25)28-27(29(38)22-14-16-34-17-15-22)30(39)31(40)37(28)32-35-36-33(43-32)42-20-24-11-6-9-21-8-4-5-13-26(21)24/h4-17,19,28,38H,2-3,18,20H2,1H3/b29-27+. The zero-order chi connectivity index (χ0) is 29.8. The van der Waals surface area contributed by atoms with Gasteiger partial charge in [0.2, 0.25) is 5.13 Å². The summed E-state index contributed by atoms with van der Waals surface area (Å²) >= 11 is 2.76. The maximum absolute atomic E-state index is 13.6. The molecule has 1 atom stereocenters. The molecule has 1 N–H and O–H groups in total. The van der Waals surface area contributed by atoms with Gasteiger partial charge in [-0.2, -0.15) is 0 Å². The molecular formula is C33H28N4O4S2. The zero-order valence-electron chi connectivity index (χ0n) is 23.3. The summed E-state index contributed by atoms with van der Waals surface area (Å²) in [4.78, 5) is 32.4. The van der Waals surface area contributed by atoms with Gasteiger partial charge in [-0.05, 0) is 52.6 Å². The largest absolute Gasteiger partial charge is 0.507 e. The van der Waals surface area contributed by atoms with Crippen molar-refractivity contribution in [2.24, 2.45) is 0 Å². The van der Waals surface area contributed by atoms with Crippen molar-refractivity contribution in [3.63, 3.8) is 0 Å². The first-order valence-corrected chi connectivity index (χ1v) is 15.7. The maximum atomic E-state index is 13.6. The minimum absolute atomic E-state index is 0.0259. The fraction of sp³-hybridized carbons (Fsp3) is 0.182. The van der Waals surface area contributed by atoms with Gasteiger partial charge in [-0.3, -0.25) is 19.5 Å². The molecule has 5 aromatic rings. The summed E-state index contributed by atoms with van der Waals surface area (Å²) in [5, 5.41) is 22.6. The molecule has 1 aliphatic rings. The van der Waals surface area contributed by atoms with E-state index in [0.29, 0.717) is 33.6 Å². The molecule has 216 valence electrons. The van der Waals surface area contributed by atoms with Crippen molar-refractivity contribution in [2.75, 3.05) is 11.5 Å². The highest BCUT2D eigenvalue weighted by Crippen LogP contribution is 2.44. The van der Waals surface area contributed by atoms with Gasteiger partial charge in [0, 0.05) is 23.7 Å². The van der Waals surface area contributed by atoms with Crippen molar-refractivity contribution in [3.05, 3.63) is 114 Å². The van der Waals surface area contributed by atoms with E-state index in [1.165, 1.54) is 45.8 Å². The number of amides is 1. The number of anilines is 1. The van der Waals surface area contributed by atoms with Crippen molar-refractivity contribution in [1.29, 1.82) is 0 Å². The highest BCUT2D eigenvalue weighted by Gasteiger charge is 2.48. The molecule has 10 heteroatoms. The first kappa shape index (κ1) is 28.6. The average molecular weight is 609 g/mol. The van der Waals surface area contributed by atoms with Gasteiger partial charge in [0.25, 0.3) is 5.78 Å². The molecule has 1 fully saturated rings. The number of unbranched alkanes of at least 4 members (excludes halogenated alkanes) is 1. The lowest BCUT2D eigenvalue weighted by Gasteiger charge is -2.23. The maximum Gasteiger partial charge on any atom is 0.301 e. The number of nitrogens with zero attached hydrogens (tertiary/aromatic N) is 4. The summed E-state index contributed by atoms with van der Waals surface area (Å²) in [5.41, 5.74) is 2.14. The van der Waals surface area contributed by atoms with Gasteiger partial charge in [-0.1, -0.05) is 91.0 Å². The second-order valence-corrected chi connectivity index (χ2v) is 12.1. The molecule has 0 bridgehead atoms. The fourth-order valence-electron chi connectivity index (χ4n) is 5.04. The van der Waals surface area contributed by atoms with Crippen LogP contribution in [-0.2, 0) is 15.3 Å². The molecule has 3 heterocycles. The fourth-order valence-corrected chi connectivity index (χ4v) is 6.91. The van der Waals surface area contributed by atoms with Gasteiger partial charge in [0.15, 0.2) is 4.34 Å². The van der Waals surface area contributed by atoms with Crippen LogP contribution in [0.25, 0.3) is 16.5 Å². The number of aliphatic hydroxyl groups excluding tert-OH is 1. The summed E-state index contributed by atoms with van der Waals surface area (Å²) in [6.07, 6.45) is 4.93. The number of carbonyl (C=O) groups is 2. The van der Waals surface area contributed by atoms with E-state index in [9.17, 15) is 14.7 Å². The topological polar surface area (TPSA) is 106 Å². The van der Waals surface area contributed by atoms with Gasteiger partial charge >= 0.3 is 5.91 Å². The van der Waals surface area contributed by atoms with Crippen LogP contribution < -0.4 is 9.64 Å². The van der Waals surface area contributed by atoms with Crippen LogP contribution in [0.5, 0.6) is 5.75 Å². The third kappa shape index (κ3) is 5.89. The number of Topliss-reactive ketones (excluding diaryl/α,β-unsaturated/α-hetero) is 1. The van der Waals surface area contributed by atoms with Crippen LogP contribution >= 0.6 is 23.1 Å². The van der Waals surface area contributed by atoms with Gasteiger partial charge < -0.3 is 9.84 Å². The molecule has 0 radical (unpaired) electrons. The molecule has 6 rings (SSSR count). The normalized spacial score (nSPS) is 16.2. The first-order valence-electron chi connectivity index (χ1n) is 13.9. The monoisotopic (exact) mass is 608 g/mol. The van der Waals surface area contributed by atoms with E-state index in [-0.39, 0.29) is 16.5 Å². The Morgan fingerprint density at radius 3 is 2.63 bits per heavy atom. The van der Waals surface area contributed by atoms with E-state index < -0.39 is 17.7 Å². The Balaban J connectivity index is 1.36. The predicted molar refractivity (Wildman–Crippen MR) is 169 cm³/mol. The van der Waals surface area contributed by atoms with Crippen molar-refractivity contribution >= 4 is 56.5 Å².